The maximum absolute atomic E-state index is 4.59. The molecule has 96 valence electrons. The third-order valence-corrected chi connectivity index (χ3v) is 4.83. The number of thiazole rings is 1. The molecule has 0 amide bonds. The zero-order valence-electron chi connectivity index (χ0n) is 10.1. The van der Waals surface area contributed by atoms with E-state index in [1.807, 2.05) is 18.2 Å². The molecule has 0 saturated heterocycles. The van der Waals surface area contributed by atoms with E-state index in [1.54, 1.807) is 11.3 Å². The van der Waals surface area contributed by atoms with E-state index in [4.69, 9.17) is 0 Å². The molecule has 0 unspecified atom stereocenters. The Bertz CT molecular complexity index is 752. The number of nitrogens with zero attached hydrogens (tertiary/aromatic N) is 1. The number of hydrogen-bond donors (Lipinski definition) is 1. The monoisotopic (exact) mass is 396 g/mol. The fourth-order valence-electron chi connectivity index (χ4n) is 1.79. The van der Waals surface area contributed by atoms with Gasteiger partial charge in [-0.15, -0.1) is 0 Å². The van der Waals surface area contributed by atoms with E-state index in [2.05, 4.69) is 67.3 Å². The lowest BCUT2D eigenvalue weighted by atomic mass is 10.2. The van der Waals surface area contributed by atoms with Gasteiger partial charge in [0, 0.05) is 8.95 Å². The van der Waals surface area contributed by atoms with Gasteiger partial charge in [-0.2, -0.15) is 0 Å². The summed E-state index contributed by atoms with van der Waals surface area (Å²) in [5.41, 5.74) is 3.29. The second-order valence-electron chi connectivity index (χ2n) is 4.24. The summed E-state index contributed by atoms with van der Waals surface area (Å²) < 4.78 is 3.26. The molecule has 0 fully saturated rings. The fourth-order valence-corrected chi connectivity index (χ4v) is 3.48. The standard InChI is InChI=1S/C14H10Br2N2S/c1-8-2-5-11-13(6-8)19-14(17-11)18-12-7-9(15)3-4-10(12)16/h2-7H,1H3,(H,17,18). The summed E-state index contributed by atoms with van der Waals surface area (Å²) in [6, 6.07) is 12.3. The second kappa shape index (κ2) is 5.23. The number of aromatic nitrogens is 1. The molecule has 5 heteroatoms. The largest absolute Gasteiger partial charge is 0.331 e. The molecular formula is C14H10Br2N2S. The zero-order valence-corrected chi connectivity index (χ0v) is 14.1. The van der Waals surface area contributed by atoms with Gasteiger partial charge in [-0.3, -0.25) is 0 Å². The van der Waals surface area contributed by atoms with Crippen molar-refractivity contribution in [2.45, 2.75) is 6.92 Å². The van der Waals surface area contributed by atoms with Crippen molar-refractivity contribution in [3.05, 3.63) is 50.9 Å². The number of benzene rings is 2. The first-order valence-electron chi connectivity index (χ1n) is 5.71. The number of nitrogens with one attached hydrogen (secondary N) is 1. The van der Waals surface area contributed by atoms with Crippen LogP contribution in [0.2, 0.25) is 0 Å². The highest BCUT2D eigenvalue weighted by molar-refractivity contribution is 9.11. The van der Waals surface area contributed by atoms with E-state index >= 15 is 0 Å². The molecule has 19 heavy (non-hydrogen) atoms. The average Bonchev–Trinajstić information content (AvgIpc) is 2.75. The van der Waals surface area contributed by atoms with Gasteiger partial charge in [-0.25, -0.2) is 4.98 Å². The second-order valence-corrected chi connectivity index (χ2v) is 7.04. The van der Waals surface area contributed by atoms with Crippen molar-refractivity contribution in [2.24, 2.45) is 0 Å². The minimum Gasteiger partial charge on any atom is -0.331 e. The number of aryl methyl sites for hydroxylation is 1. The van der Waals surface area contributed by atoms with Crippen molar-refractivity contribution in [3.8, 4) is 0 Å². The molecule has 1 N–H and O–H groups in total. The van der Waals surface area contributed by atoms with Crippen LogP contribution in [0, 0.1) is 6.92 Å². The predicted octanol–water partition coefficient (Wildman–Crippen LogP) is 5.87. The molecule has 0 aliphatic heterocycles. The first-order chi connectivity index (χ1) is 9.11. The molecule has 0 bridgehead atoms. The molecule has 1 heterocycles. The van der Waals surface area contributed by atoms with Crippen LogP contribution in [0.15, 0.2) is 45.3 Å². The van der Waals surface area contributed by atoms with E-state index in [1.165, 1.54) is 10.3 Å². The number of rotatable bonds is 2. The van der Waals surface area contributed by atoms with Crippen molar-refractivity contribution >= 4 is 64.2 Å². The smallest absolute Gasteiger partial charge is 0.188 e. The van der Waals surface area contributed by atoms with Gasteiger partial charge in [0.05, 0.1) is 15.9 Å². The van der Waals surface area contributed by atoms with Crippen LogP contribution in [0.25, 0.3) is 10.2 Å². The van der Waals surface area contributed by atoms with Crippen molar-refractivity contribution < 1.29 is 0 Å². The fraction of sp³-hybridized carbons (Fsp3) is 0.0714. The van der Waals surface area contributed by atoms with Gasteiger partial charge in [0.15, 0.2) is 5.13 Å². The Morgan fingerprint density at radius 3 is 2.79 bits per heavy atom. The number of anilines is 2. The zero-order chi connectivity index (χ0) is 13.4. The Morgan fingerprint density at radius 1 is 1.11 bits per heavy atom. The van der Waals surface area contributed by atoms with E-state index in [9.17, 15) is 0 Å². The van der Waals surface area contributed by atoms with Gasteiger partial charge in [-0.1, -0.05) is 33.3 Å². The highest BCUT2D eigenvalue weighted by atomic mass is 79.9. The molecule has 0 spiro atoms. The molecular weight excluding hydrogens is 388 g/mol. The highest BCUT2D eigenvalue weighted by Crippen LogP contribution is 2.33. The first-order valence-corrected chi connectivity index (χ1v) is 8.11. The van der Waals surface area contributed by atoms with Gasteiger partial charge in [0.25, 0.3) is 0 Å². The maximum atomic E-state index is 4.59. The van der Waals surface area contributed by atoms with Crippen molar-refractivity contribution in [1.29, 1.82) is 0 Å². The van der Waals surface area contributed by atoms with Crippen LogP contribution in [0.5, 0.6) is 0 Å². The van der Waals surface area contributed by atoms with Gasteiger partial charge in [0.2, 0.25) is 0 Å². The van der Waals surface area contributed by atoms with E-state index < -0.39 is 0 Å². The van der Waals surface area contributed by atoms with Crippen LogP contribution in [-0.4, -0.2) is 4.98 Å². The highest BCUT2D eigenvalue weighted by Gasteiger charge is 2.06. The Labute approximate surface area is 132 Å². The van der Waals surface area contributed by atoms with Gasteiger partial charge >= 0.3 is 0 Å². The van der Waals surface area contributed by atoms with Crippen molar-refractivity contribution in [1.82, 2.24) is 4.98 Å². The summed E-state index contributed by atoms with van der Waals surface area (Å²) in [7, 11) is 0. The molecule has 3 rings (SSSR count). The van der Waals surface area contributed by atoms with Crippen LogP contribution < -0.4 is 5.32 Å². The van der Waals surface area contributed by atoms with Crippen LogP contribution in [-0.2, 0) is 0 Å². The lowest BCUT2D eigenvalue weighted by molar-refractivity contribution is 1.42. The minimum atomic E-state index is 0.902. The third-order valence-electron chi connectivity index (χ3n) is 2.71. The first kappa shape index (κ1) is 13.1. The van der Waals surface area contributed by atoms with Crippen molar-refractivity contribution in [3.63, 3.8) is 0 Å². The molecule has 3 aromatic rings. The van der Waals surface area contributed by atoms with Gasteiger partial charge in [0.1, 0.15) is 0 Å². The van der Waals surface area contributed by atoms with Crippen LogP contribution in [0.1, 0.15) is 5.56 Å². The lowest BCUT2D eigenvalue weighted by Crippen LogP contribution is -1.90. The van der Waals surface area contributed by atoms with E-state index in [-0.39, 0.29) is 0 Å². The maximum Gasteiger partial charge on any atom is 0.188 e. The SMILES string of the molecule is Cc1ccc2nc(Nc3cc(Br)ccc3Br)sc2c1. The van der Waals surface area contributed by atoms with Gasteiger partial charge in [-0.05, 0) is 58.7 Å². The summed E-state index contributed by atoms with van der Waals surface area (Å²) in [5, 5.41) is 4.25. The molecule has 0 aliphatic rings. The summed E-state index contributed by atoms with van der Waals surface area (Å²) in [6.45, 7) is 2.09. The third kappa shape index (κ3) is 2.83. The summed E-state index contributed by atoms with van der Waals surface area (Å²) in [4.78, 5) is 4.59. The molecule has 2 nitrogen and oxygen atoms in total. The number of fused-ring (bicyclic) bond motifs is 1. The average molecular weight is 398 g/mol. The summed E-state index contributed by atoms with van der Waals surface area (Å²) in [6.07, 6.45) is 0. The van der Waals surface area contributed by atoms with Crippen LogP contribution in [0.3, 0.4) is 0 Å². The van der Waals surface area contributed by atoms with Crippen molar-refractivity contribution in [2.75, 3.05) is 5.32 Å². The van der Waals surface area contributed by atoms with Gasteiger partial charge < -0.3 is 5.32 Å². The molecule has 0 saturated carbocycles. The molecule has 2 aromatic carbocycles. The van der Waals surface area contributed by atoms with Crippen LogP contribution >= 0.6 is 43.2 Å². The lowest BCUT2D eigenvalue weighted by Gasteiger charge is -2.05. The Hall–Kier alpha value is -0.910. The summed E-state index contributed by atoms with van der Waals surface area (Å²) >= 11 is 8.68. The van der Waals surface area contributed by atoms with E-state index in [0.29, 0.717) is 0 Å². The Kier molecular flexibility index (Phi) is 3.60. The normalized spacial score (nSPS) is 10.9. The van der Waals surface area contributed by atoms with E-state index in [0.717, 1.165) is 25.3 Å². The molecule has 0 radical (unpaired) electrons. The number of hydrogen-bond acceptors (Lipinski definition) is 3. The quantitative estimate of drug-likeness (QED) is 0.584. The summed E-state index contributed by atoms with van der Waals surface area (Å²) in [5.74, 6) is 0. The Morgan fingerprint density at radius 2 is 1.95 bits per heavy atom. The predicted molar refractivity (Wildman–Crippen MR) is 89.5 cm³/mol. The Balaban J connectivity index is 1.98. The number of halogens is 2. The molecule has 0 atom stereocenters. The molecule has 1 aromatic heterocycles. The molecule has 0 aliphatic carbocycles. The minimum absolute atomic E-state index is 0.902. The van der Waals surface area contributed by atoms with Crippen LogP contribution in [0.4, 0.5) is 10.8 Å². The topological polar surface area (TPSA) is 24.9 Å².